The van der Waals surface area contributed by atoms with E-state index in [2.05, 4.69) is 61.2 Å². The molecule has 11 nitrogen and oxygen atoms in total. The number of carboxylic acid groups (broad SMARTS) is 1. The molecule has 0 saturated carbocycles. The van der Waals surface area contributed by atoms with Gasteiger partial charge in [0.15, 0.2) is 0 Å². The Morgan fingerprint density at radius 1 is 1.02 bits per heavy atom. The lowest BCUT2D eigenvalue weighted by atomic mass is 10.1. The quantitative estimate of drug-likeness (QED) is 0.325. The third-order valence-electron chi connectivity index (χ3n) is 6.26. The molecule has 0 aliphatic carbocycles. The molecule has 1 saturated heterocycles. The first-order valence-corrected chi connectivity index (χ1v) is 12.7. The highest BCUT2D eigenvalue weighted by Crippen LogP contribution is 2.27. The average molecular weight is 614 g/mol. The highest BCUT2D eigenvalue weighted by atomic mass is 19.4. The number of nitrogens with zero attached hydrogens (tertiary/aromatic N) is 6. The van der Waals surface area contributed by atoms with Crippen molar-refractivity contribution in [2.45, 2.75) is 26.0 Å². The molecule has 1 fully saturated rings. The summed E-state index contributed by atoms with van der Waals surface area (Å²) in [5.74, 6) is -2.11. The average Bonchev–Trinajstić information content (AvgIpc) is 3.56. The van der Waals surface area contributed by atoms with E-state index >= 15 is 0 Å². The molecule has 3 heterocycles. The molecule has 1 N–H and O–H groups in total. The number of hydrogen-bond donors (Lipinski definition) is 1. The molecule has 0 radical (unpaired) electrons. The number of aliphatic carboxylic acids is 1. The lowest BCUT2D eigenvalue weighted by Crippen LogP contribution is -3.12. The Kier molecular flexibility index (Phi) is 9.22. The molecule has 0 amide bonds. The lowest BCUT2D eigenvalue weighted by Gasteiger charge is -2.32. The number of hydrogen-bond acceptors (Lipinski definition) is 9. The Morgan fingerprint density at radius 3 is 2.26 bits per heavy atom. The van der Waals surface area contributed by atoms with Gasteiger partial charge in [-0.05, 0) is 48.9 Å². The molecule has 0 bridgehead atoms. The number of carbonyl (C=O) groups excluding carboxylic acids is 1. The highest BCUT2D eigenvalue weighted by Gasteiger charge is 2.31. The van der Waals surface area contributed by atoms with E-state index in [1.54, 1.807) is 9.58 Å². The number of alkyl halides is 6. The molecule has 2 aromatic heterocycles. The Morgan fingerprint density at radius 2 is 1.65 bits per heavy atom. The summed E-state index contributed by atoms with van der Waals surface area (Å²) in [6.45, 7) is 6.67. The first kappa shape index (κ1) is 31.3. The van der Waals surface area contributed by atoms with Gasteiger partial charge in [-0.1, -0.05) is 12.1 Å². The number of nitrogens with one attached hydrogen (secondary N) is 1. The van der Waals surface area contributed by atoms with Crippen LogP contribution in [0, 0.1) is 6.92 Å². The zero-order valence-corrected chi connectivity index (χ0v) is 22.7. The number of aryl methyl sites for hydroxylation is 1. The van der Waals surface area contributed by atoms with Crippen LogP contribution in [0.4, 0.5) is 32.0 Å². The first-order chi connectivity index (χ1) is 20.2. The molecule has 5 rings (SSSR count). The molecule has 1 aliphatic rings. The normalized spacial score (nSPS) is 14.3. The Balaban J connectivity index is 0.000000541. The number of carboxylic acids is 1. The number of benzene rings is 2. The molecule has 230 valence electrons. The summed E-state index contributed by atoms with van der Waals surface area (Å²) < 4.78 is 80.0. The SMILES string of the molecule is Cc1nc(-c2nnc(-c3ccc(OC(F)(F)F)cc3)o2)nn1Cc1cccc(N2CC[NH+](C)CC2)c1.O=C([O-])C(F)(F)F. The van der Waals surface area contributed by atoms with Crippen molar-refractivity contribution in [2.24, 2.45) is 0 Å². The Hall–Kier alpha value is -4.67. The van der Waals surface area contributed by atoms with E-state index in [4.69, 9.17) is 14.3 Å². The topological polar surface area (TPSA) is 127 Å². The fraction of sp³-hybridized carbons (Fsp3) is 0.346. The highest BCUT2D eigenvalue weighted by molar-refractivity contribution is 5.70. The van der Waals surface area contributed by atoms with Gasteiger partial charge >= 0.3 is 12.5 Å². The predicted molar refractivity (Wildman–Crippen MR) is 136 cm³/mol. The minimum Gasteiger partial charge on any atom is -0.542 e. The molecule has 0 atom stereocenters. The number of rotatable bonds is 6. The van der Waals surface area contributed by atoms with Crippen molar-refractivity contribution in [1.82, 2.24) is 25.0 Å². The maximum Gasteiger partial charge on any atom is 0.573 e. The molecule has 4 aromatic rings. The van der Waals surface area contributed by atoms with Crippen LogP contribution >= 0.6 is 0 Å². The van der Waals surface area contributed by atoms with Crippen LogP contribution in [-0.2, 0) is 11.3 Å². The molecule has 0 unspecified atom stereocenters. The van der Waals surface area contributed by atoms with Gasteiger partial charge in [0.25, 0.3) is 5.89 Å². The van der Waals surface area contributed by atoms with Crippen molar-refractivity contribution in [3.63, 3.8) is 0 Å². The lowest BCUT2D eigenvalue weighted by molar-refractivity contribution is -0.880. The number of likely N-dealkylation sites (N-methyl/N-ethyl adjacent to an activating group) is 1. The standard InChI is InChI=1S/C24H24F3N7O2.C2HF3O2/c1-16-28-21(23-30-29-22(35-23)18-6-8-20(9-7-18)36-24(25,26)27)31-34(16)15-17-4-3-5-19(14-17)33-12-10-32(2)11-13-33;3-2(4,5)1(6)7/h3-9,14H,10-13,15H2,1-2H3;(H,6,7). The number of aromatic nitrogens is 5. The first-order valence-electron chi connectivity index (χ1n) is 12.7. The van der Waals surface area contributed by atoms with E-state index in [9.17, 15) is 26.3 Å². The van der Waals surface area contributed by atoms with Gasteiger partial charge in [0.1, 0.15) is 17.5 Å². The van der Waals surface area contributed by atoms with E-state index < -0.39 is 18.5 Å². The van der Waals surface area contributed by atoms with Crippen molar-refractivity contribution in [3.05, 3.63) is 59.9 Å². The van der Waals surface area contributed by atoms with Gasteiger partial charge in [0.05, 0.1) is 39.8 Å². The number of piperazine rings is 1. The van der Waals surface area contributed by atoms with Gasteiger partial charge in [0.2, 0.25) is 11.7 Å². The predicted octanol–water partition coefficient (Wildman–Crippen LogP) is 1.88. The Bertz CT molecular complexity index is 1530. The van der Waals surface area contributed by atoms with E-state index in [0.29, 0.717) is 17.9 Å². The summed E-state index contributed by atoms with van der Waals surface area (Å²) in [4.78, 5) is 17.2. The van der Waals surface area contributed by atoms with Crippen molar-refractivity contribution in [1.29, 1.82) is 0 Å². The smallest absolute Gasteiger partial charge is 0.542 e. The summed E-state index contributed by atoms with van der Waals surface area (Å²) in [5, 5.41) is 21.3. The fourth-order valence-electron chi connectivity index (χ4n) is 4.06. The zero-order chi connectivity index (χ0) is 31.4. The van der Waals surface area contributed by atoms with Gasteiger partial charge in [-0.3, -0.25) is 0 Å². The van der Waals surface area contributed by atoms with Gasteiger partial charge in [-0.25, -0.2) is 9.67 Å². The molecule has 43 heavy (non-hydrogen) atoms. The summed E-state index contributed by atoms with van der Waals surface area (Å²) in [7, 11) is 2.22. The van der Waals surface area contributed by atoms with E-state index in [1.807, 2.05) is 6.92 Å². The van der Waals surface area contributed by atoms with Crippen LogP contribution in [0.1, 0.15) is 11.4 Å². The molecule has 0 spiro atoms. The maximum atomic E-state index is 12.4. The fourth-order valence-corrected chi connectivity index (χ4v) is 4.06. The van der Waals surface area contributed by atoms with Crippen LogP contribution in [0.15, 0.2) is 52.9 Å². The van der Waals surface area contributed by atoms with Crippen LogP contribution < -0.4 is 19.6 Å². The zero-order valence-electron chi connectivity index (χ0n) is 22.7. The van der Waals surface area contributed by atoms with Crippen LogP contribution in [0.25, 0.3) is 23.2 Å². The summed E-state index contributed by atoms with van der Waals surface area (Å²) in [5.41, 5.74) is 2.75. The van der Waals surface area contributed by atoms with Gasteiger partial charge in [0, 0.05) is 11.3 Å². The van der Waals surface area contributed by atoms with Crippen LogP contribution in [0.3, 0.4) is 0 Å². The largest absolute Gasteiger partial charge is 0.573 e. The van der Waals surface area contributed by atoms with Crippen LogP contribution in [0.5, 0.6) is 5.75 Å². The second-order valence-electron chi connectivity index (χ2n) is 9.52. The Labute approximate surface area is 240 Å². The molecule has 17 heteroatoms. The van der Waals surface area contributed by atoms with E-state index in [0.717, 1.165) is 31.7 Å². The third-order valence-corrected chi connectivity index (χ3v) is 6.26. The van der Waals surface area contributed by atoms with Gasteiger partial charge in [-0.2, -0.15) is 13.2 Å². The number of anilines is 1. The second-order valence-corrected chi connectivity index (χ2v) is 9.52. The van der Waals surface area contributed by atoms with Gasteiger partial charge < -0.3 is 28.9 Å². The van der Waals surface area contributed by atoms with Gasteiger partial charge in [-0.15, -0.1) is 28.5 Å². The number of ether oxygens (including phenoxy) is 1. The van der Waals surface area contributed by atoms with Crippen molar-refractivity contribution in [2.75, 3.05) is 38.1 Å². The van der Waals surface area contributed by atoms with E-state index in [1.165, 1.54) is 30.0 Å². The van der Waals surface area contributed by atoms with E-state index in [-0.39, 0.29) is 23.4 Å². The molecular formula is C26H25F6N7O4. The second kappa shape index (κ2) is 12.7. The summed E-state index contributed by atoms with van der Waals surface area (Å²) in [6.07, 6.45) is -9.95. The monoisotopic (exact) mass is 613 g/mol. The molecule has 2 aromatic carbocycles. The minimum atomic E-state index is -5.19. The third kappa shape index (κ3) is 8.67. The number of halogens is 6. The van der Waals surface area contributed by atoms with Crippen molar-refractivity contribution in [3.8, 4) is 28.9 Å². The number of quaternary nitrogens is 1. The molecule has 1 aliphatic heterocycles. The summed E-state index contributed by atoms with van der Waals surface area (Å²) >= 11 is 0. The molecular weight excluding hydrogens is 588 g/mol. The van der Waals surface area contributed by atoms with Crippen LogP contribution in [-0.4, -0.2) is 76.7 Å². The minimum absolute atomic E-state index is 0.121. The van der Waals surface area contributed by atoms with Crippen molar-refractivity contribution >= 4 is 11.7 Å². The summed E-state index contributed by atoms with van der Waals surface area (Å²) in [6, 6.07) is 13.6. The van der Waals surface area contributed by atoms with Crippen molar-refractivity contribution < 1.29 is 50.3 Å². The van der Waals surface area contributed by atoms with Crippen LogP contribution in [0.2, 0.25) is 0 Å². The number of carbonyl (C=O) groups is 1. The maximum absolute atomic E-state index is 12.4.